The number of carbonyl (C=O) groups excluding carboxylic acids is 1. The summed E-state index contributed by atoms with van der Waals surface area (Å²) >= 11 is 0. The Morgan fingerprint density at radius 1 is 1.04 bits per heavy atom. The molecule has 1 aromatic carbocycles. The zero-order chi connectivity index (χ0) is 18.7. The molecule has 0 amide bonds. The summed E-state index contributed by atoms with van der Waals surface area (Å²) < 4.78 is 3.92. The monoisotopic (exact) mass is 347 g/mol. The van der Waals surface area contributed by atoms with Crippen molar-refractivity contribution in [1.29, 1.82) is 0 Å². The predicted molar refractivity (Wildman–Crippen MR) is 103 cm³/mol. The second kappa shape index (κ2) is 5.44. The van der Waals surface area contributed by atoms with E-state index in [4.69, 9.17) is 0 Å². The maximum absolute atomic E-state index is 13.4. The number of nitrogens with zero attached hydrogens (tertiary/aromatic N) is 3. The Morgan fingerprint density at radius 2 is 1.69 bits per heavy atom. The van der Waals surface area contributed by atoms with Gasteiger partial charge >= 0.3 is 0 Å². The zero-order valence-corrected chi connectivity index (χ0v) is 16.1. The fraction of sp³-hybridized carbons (Fsp3) is 0.364. The average molecular weight is 347 g/mol. The van der Waals surface area contributed by atoms with Crippen LogP contribution in [0.3, 0.4) is 0 Å². The second-order valence-corrected chi connectivity index (χ2v) is 8.26. The molecule has 134 valence electrons. The van der Waals surface area contributed by atoms with Crippen molar-refractivity contribution in [1.82, 2.24) is 14.1 Å². The van der Waals surface area contributed by atoms with E-state index in [1.54, 1.807) is 23.3 Å². The maximum atomic E-state index is 13.4. The van der Waals surface area contributed by atoms with E-state index >= 15 is 0 Å². The van der Waals surface area contributed by atoms with Gasteiger partial charge < -0.3 is 4.57 Å². The van der Waals surface area contributed by atoms with Gasteiger partial charge in [0.15, 0.2) is 0 Å². The highest BCUT2D eigenvalue weighted by molar-refractivity contribution is 5.92. The highest BCUT2D eigenvalue weighted by Crippen LogP contribution is 2.54. The first-order chi connectivity index (χ1) is 12.3. The number of hydrogen-bond donors (Lipinski definition) is 0. The summed E-state index contributed by atoms with van der Waals surface area (Å²) in [4.78, 5) is 17.5. The molecule has 4 heteroatoms. The van der Waals surface area contributed by atoms with Gasteiger partial charge in [-0.2, -0.15) is 0 Å². The van der Waals surface area contributed by atoms with Crippen LogP contribution in [0, 0.1) is 13.8 Å². The Balaban J connectivity index is 1.98. The Kier molecular flexibility index (Phi) is 3.52. The van der Waals surface area contributed by atoms with Gasteiger partial charge in [0, 0.05) is 29.5 Å². The van der Waals surface area contributed by atoms with Crippen LogP contribution < -0.4 is 0 Å². The lowest BCUT2D eigenvalue weighted by molar-refractivity contribution is 0.0794. The SMILES string of the molecule is Cc1c2c(c(C)n1-c1ccccc1)C(C)(C(=O)n1ccnc1)CC2(C)C. The molecule has 1 aliphatic carbocycles. The molecule has 0 saturated carbocycles. The van der Waals surface area contributed by atoms with Crippen LogP contribution in [-0.4, -0.2) is 20.0 Å². The van der Waals surface area contributed by atoms with E-state index in [1.165, 1.54) is 16.8 Å². The molecule has 3 aromatic rings. The van der Waals surface area contributed by atoms with E-state index in [1.807, 2.05) is 6.07 Å². The predicted octanol–water partition coefficient (Wildman–Crippen LogP) is 4.57. The fourth-order valence-corrected chi connectivity index (χ4v) is 5.21. The third-order valence-electron chi connectivity index (χ3n) is 5.89. The largest absolute Gasteiger partial charge is 0.318 e. The lowest BCUT2D eigenvalue weighted by Crippen LogP contribution is -2.36. The second-order valence-electron chi connectivity index (χ2n) is 8.26. The maximum Gasteiger partial charge on any atom is 0.242 e. The van der Waals surface area contributed by atoms with Crippen molar-refractivity contribution in [2.24, 2.45) is 0 Å². The summed E-state index contributed by atoms with van der Waals surface area (Å²) in [5.74, 6) is 0.0927. The third kappa shape index (κ3) is 2.14. The Bertz CT molecular complexity index is 980. The van der Waals surface area contributed by atoms with Crippen molar-refractivity contribution in [2.75, 3.05) is 0 Å². The van der Waals surface area contributed by atoms with Crippen molar-refractivity contribution in [3.05, 3.63) is 71.6 Å². The summed E-state index contributed by atoms with van der Waals surface area (Å²) in [6.45, 7) is 10.9. The number of benzene rings is 1. The summed E-state index contributed by atoms with van der Waals surface area (Å²) in [5, 5.41) is 0. The topological polar surface area (TPSA) is 39.8 Å². The zero-order valence-electron chi connectivity index (χ0n) is 16.1. The first-order valence-electron chi connectivity index (χ1n) is 9.08. The Hall–Kier alpha value is -2.62. The van der Waals surface area contributed by atoms with Crippen LogP contribution in [0.4, 0.5) is 0 Å². The van der Waals surface area contributed by atoms with E-state index in [9.17, 15) is 4.79 Å². The molecule has 0 spiro atoms. The quantitative estimate of drug-likeness (QED) is 0.681. The van der Waals surface area contributed by atoms with Gasteiger partial charge in [-0.3, -0.25) is 9.36 Å². The molecule has 0 bridgehead atoms. The molecule has 0 fully saturated rings. The lowest BCUT2D eigenvalue weighted by atomic mass is 9.78. The normalized spacial score (nSPS) is 21.0. The molecule has 0 saturated heterocycles. The van der Waals surface area contributed by atoms with E-state index < -0.39 is 5.41 Å². The summed E-state index contributed by atoms with van der Waals surface area (Å²) in [5.41, 5.74) is 5.41. The number of carbonyl (C=O) groups is 1. The van der Waals surface area contributed by atoms with Crippen molar-refractivity contribution in [3.63, 3.8) is 0 Å². The number of para-hydroxylation sites is 1. The Morgan fingerprint density at radius 3 is 2.31 bits per heavy atom. The molecule has 0 aliphatic heterocycles. The number of imidazole rings is 1. The molecule has 1 aliphatic rings. The number of aromatic nitrogens is 3. The molecule has 1 unspecified atom stereocenters. The molecule has 2 heterocycles. The van der Waals surface area contributed by atoms with Crippen LogP contribution in [-0.2, 0) is 10.8 Å². The van der Waals surface area contributed by atoms with Gasteiger partial charge in [-0.1, -0.05) is 32.0 Å². The van der Waals surface area contributed by atoms with E-state index in [0.29, 0.717) is 0 Å². The molecule has 2 aromatic heterocycles. The number of fused-ring (bicyclic) bond motifs is 1. The molecular weight excluding hydrogens is 322 g/mol. The lowest BCUT2D eigenvalue weighted by Gasteiger charge is -2.28. The van der Waals surface area contributed by atoms with Gasteiger partial charge in [0.2, 0.25) is 5.91 Å². The van der Waals surface area contributed by atoms with Crippen LogP contribution in [0.1, 0.15) is 54.5 Å². The Labute approximate surface area is 154 Å². The third-order valence-corrected chi connectivity index (χ3v) is 5.89. The fourth-order valence-electron chi connectivity index (χ4n) is 5.21. The van der Waals surface area contributed by atoms with Crippen molar-refractivity contribution in [3.8, 4) is 5.69 Å². The smallest absolute Gasteiger partial charge is 0.242 e. The van der Waals surface area contributed by atoms with E-state index in [-0.39, 0.29) is 11.3 Å². The highest BCUT2D eigenvalue weighted by Gasteiger charge is 2.53. The summed E-state index contributed by atoms with van der Waals surface area (Å²) in [6, 6.07) is 10.4. The molecule has 0 N–H and O–H groups in total. The number of rotatable bonds is 2. The van der Waals surface area contributed by atoms with Crippen LogP contribution in [0.2, 0.25) is 0 Å². The molecule has 4 nitrogen and oxygen atoms in total. The van der Waals surface area contributed by atoms with E-state index in [0.717, 1.165) is 17.8 Å². The van der Waals surface area contributed by atoms with Gasteiger partial charge in [0.05, 0.1) is 5.41 Å². The van der Waals surface area contributed by atoms with Gasteiger partial charge in [-0.25, -0.2) is 4.98 Å². The first kappa shape index (κ1) is 16.8. The minimum Gasteiger partial charge on any atom is -0.318 e. The summed E-state index contributed by atoms with van der Waals surface area (Å²) in [6.07, 6.45) is 5.82. The molecule has 1 atom stereocenters. The molecular formula is C22H25N3O. The van der Waals surface area contributed by atoms with Gasteiger partial charge in [0.1, 0.15) is 6.33 Å². The molecule has 0 radical (unpaired) electrons. The standard InChI is InChI=1S/C22H25N3O/c1-15-18-19(16(2)25(15)17-9-7-6-8-10-17)22(5,13-21(18,3)4)20(26)24-12-11-23-14-24/h6-12,14H,13H2,1-5H3. The number of hydrogen-bond acceptors (Lipinski definition) is 2. The van der Waals surface area contributed by atoms with Crippen LogP contribution >= 0.6 is 0 Å². The van der Waals surface area contributed by atoms with Crippen LogP contribution in [0.25, 0.3) is 5.69 Å². The van der Waals surface area contributed by atoms with Crippen molar-refractivity contribution >= 4 is 5.91 Å². The average Bonchev–Trinajstić information content (AvgIpc) is 3.26. The van der Waals surface area contributed by atoms with Gasteiger partial charge in [-0.05, 0) is 55.9 Å². The van der Waals surface area contributed by atoms with Gasteiger partial charge in [0.25, 0.3) is 0 Å². The van der Waals surface area contributed by atoms with E-state index in [2.05, 4.69) is 68.4 Å². The summed E-state index contributed by atoms with van der Waals surface area (Å²) in [7, 11) is 0. The van der Waals surface area contributed by atoms with Gasteiger partial charge in [-0.15, -0.1) is 0 Å². The highest BCUT2D eigenvalue weighted by atomic mass is 16.2. The molecule has 26 heavy (non-hydrogen) atoms. The van der Waals surface area contributed by atoms with Crippen molar-refractivity contribution < 1.29 is 4.79 Å². The van der Waals surface area contributed by atoms with Crippen molar-refractivity contribution in [2.45, 2.75) is 51.9 Å². The minimum absolute atomic E-state index is 0.0603. The molecule has 4 rings (SSSR count). The minimum atomic E-state index is -0.561. The van der Waals surface area contributed by atoms with Crippen LogP contribution in [0.5, 0.6) is 0 Å². The first-order valence-corrected chi connectivity index (χ1v) is 9.08. The van der Waals surface area contributed by atoms with Crippen LogP contribution in [0.15, 0.2) is 49.1 Å².